The van der Waals surface area contributed by atoms with Crippen molar-refractivity contribution in [2.45, 2.75) is 18.6 Å². The van der Waals surface area contributed by atoms with Crippen molar-refractivity contribution in [3.05, 3.63) is 162 Å². The van der Waals surface area contributed by atoms with Gasteiger partial charge in [0.2, 0.25) is 0 Å². The maximum Gasteiger partial charge on any atom is 0.307 e. The summed E-state index contributed by atoms with van der Waals surface area (Å²) in [4.78, 5) is 40.4. The fourth-order valence-electron chi connectivity index (χ4n) is 5.98. The minimum atomic E-state index is -2.11. The van der Waals surface area contributed by atoms with E-state index in [9.17, 15) is 14.4 Å². The lowest BCUT2D eigenvalue weighted by Crippen LogP contribution is -2.35. The lowest BCUT2D eigenvalue weighted by atomic mass is 10.0. The van der Waals surface area contributed by atoms with Crippen molar-refractivity contribution in [1.82, 2.24) is 4.90 Å². The number of imide groups is 1. The fourth-order valence-corrected chi connectivity index (χ4v) is 10.2. The zero-order valence-electron chi connectivity index (χ0n) is 23.8. The molecule has 1 aliphatic heterocycles. The van der Waals surface area contributed by atoms with Gasteiger partial charge in [0.05, 0.1) is 36.9 Å². The standard InChI is InChI=1S/C37H31NO4P/c1-42-35(39)25-34(38-36(40)32-19-11-12-20-33(32)37(38)41)28-23-21-27(22-24-28)26-43(29-13-5-2-6-14-29,30-15-7-3-8-16-30)31-17-9-4-10-18-31/h2-24,34H,25-26H2,1H3/q+1. The number of rotatable bonds is 9. The second-order valence-electron chi connectivity index (χ2n) is 10.5. The highest BCUT2D eigenvalue weighted by Crippen LogP contribution is 2.58. The Bertz CT molecular complexity index is 1620. The van der Waals surface area contributed by atoms with Gasteiger partial charge < -0.3 is 4.74 Å². The van der Waals surface area contributed by atoms with Gasteiger partial charge in [-0.1, -0.05) is 91.0 Å². The molecule has 1 atom stereocenters. The van der Waals surface area contributed by atoms with Crippen LogP contribution >= 0.6 is 7.26 Å². The first-order valence-electron chi connectivity index (χ1n) is 14.2. The molecule has 6 rings (SSSR count). The third kappa shape index (κ3) is 5.29. The number of benzene rings is 5. The maximum absolute atomic E-state index is 13.4. The first-order valence-corrected chi connectivity index (χ1v) is 16.2. The Hall–Kier alpha value is -4.86. The van der Waals surface area contributed by atoms with E-state index in [1.54, 1.807) is 24.3 Å². The number of hydrogen-bond acceptors (Lipinski definition) is 4. The van der Waals surface area contributed by atoms with Crippen molar-refractivity contribution in [3.8, 4) is 0 Å². The van der Waals surface area contributed by atoms with Crippen molar-refractivity contribution >= 4 is 41.0 Å². The largest absolute Gasteiger partial charge is 0.469 e. The lowest BCUT2D eigenvalue weighted by Gasteiger charge is -2.28. The van der Waals surface area contributed by atoms with Crippen LogP contribution < -0.4 is 15.9 Å². The van der Waals surface area contributed by atoms with Gasteiger partial charge in [-0.15, -0.1) is 0 Å². The molecule has 0 bridgehead atoms. The van der Waals surface area contributed by atoms with Gasteiger partial charge in [-0.05, 0) is 59.7 Å². The minimum Gasteiger partial charge on any atom is -0.469 e. The molecule has 0 aromatic heterocycles. The van der Waals surface area contributed by atoms with Crippen LogP contribution in [-0.2, 0) is 15.7 Å². The zero-order valence-corrected chi connectivity index (χ0v) is 24.7. The second-order valence-corrected chi connectivity index (χ2v) is 14.0. The number of carbonyl (C=O) groups excluding carboxylic acids is 3. The van der Waals surface area contributed by atoms with E-state index in [0.717, 1.165) is 11.7 Å². The average Bonchev–Trinajstić information content (AvgIpc) is 3.33. The van der Waals surface area contributed by atoms with Gasteiger partial charge in [0.25, 0.3) is 11.8 Å². The molecule has 43 heavy (non-hydrogen) atoms. The van der Waals surface area contributed by atoms with Crippen molar-refractivity contribution in [2.75, 3.05) is 7.11 Å². The molecule has 5 nitrogen and oxygen atoms in total. The number of hydrogen-bond donors (Lipinski definition) is 0. The summed E-state index contributed by atoms with van der Waals surface area (Å²) in [6.45, 7) is 0. The Morgan fingerprint density at radius 1 is 0.628 bits per heavy atom. The normalized spacial score (nSPS) is 13.5. The second kappa shape index (κ2) is 12.2. The number of methoxy groups -OCH3 is 1. The molecular formula is C37H31NO4P+. The van der Waals surface area contributed by atoms with Crippen LogP contribution in [0.25, 0.3) is 0 Å². The molecule has 6 heteroatoms. The van der Waals surface area contributed by atoms with Gasteiger partial charge in [-0.25, -0.2) is 0 Å². The number of amides is 2. The number of nitrogens with zero attached hydrogens (tertiary/aromatic N) is 1. The summed E-state index contributed by atoms with van der Waals surface area (Å²) < 4.78 is 4.96. The molecule has 0 saturated heterocycles. The number of carbonyl (C=O) groups is 3. The number of ether oxygens (including phenoxy) is 1. The third-order valence-electron chi connectivity index (χ3n) is 8.10. The van der Waals surface area contributed by atoms with Crippen LogP contribution in [0.5, 0.6) is 0 Å². The Morgan fingerprint density at radius 3 is 1.47 bits per heavy atom. The molecule has 0 aliphatic carbocycles. The monoisotopic (exact) mass is 584 g/mol. The van der Waals surface area contributed by atoms with Crippen LogP contribution in [0.15, 0.2) is 140 Å². The lowest BCUT2D eigenvalue weighted by molar-refractivity contribution is -0.141. The molecule has 1 heterocycles. The van der Waals surface area contributed by atoms with Crippen molar-refractivity contribution < 1.29 is 19.1 Å². The van der Waals surface area contributed by atoms with E-state index >= 15 is 0 Å². The van der Waals surface area contributed by atoms with Gasteiger partial charge in [-0.2, -0.15) is 0 Å². The van der Waals surface area contributed by atoms with Gasteiger partial charge in [0.1, 0.15) is 23.2 Å². The van der Waals surface area contributed by atoms with Crippen LogP contribution in [-0.4, -0.2) is 29.8 Å². The fraction of sp³-hybridized carbons (Fsp3) is 0.108. The molecule has 5 aromatic rings. The molecule has 0 N–H and O–H groups in total. The van der Waals surface area contributed by atoms with Crippen LogP contribution in [0, 0.1) is 0 Å². The van der Waals surface area contributed by atoms with Crippen LogP contribution in [0.2, 0.25) is 0 Å². The molecule has 0 saturated carbocycles. The maximum atomic E-state index is 13.4. The molecule has 0 fully saturated rings. The summed E-state index contributed by atoms with van der Waals surface area (Å²) in [5.41, 5.74) is 2.52. The Kier molecular flexibility index (Phi) is 8.00. The van der Waals surface area contributed by atoms with E-state index in [-0.39, 0.29) is 6.42 Å². The highest BCUT2D eigenvalue weighted by Gasteiger charge is 2.46. The van der Waals surface area contributed by atoms with Crippen molar-refractivity contribution in [1.29, 1.82) is 0 Å². The minimum absolute atomic E-state index is 0.129. The third-order valence-corrected chi connectivity index (χ3v) is 12.5. The highest BCUT2D eigenvalue weighted by molar-refractivity contribution is 7.95. The van der Waals surface area contributed by atoms with E-state index in [1.807, 2.05) is 30.3 Å². The molecule has 2 amide bonds. The SMILES string of the molecule is COC(=O)CC(c1ccc(C[P+](c2ccccc2)(c2ccccc2)c2ccccc2)cc1)N1C(=O)c2ccccc2C1=O. The molecule has 212 valence electrons. The summed E-state index contributed by atoms with van der Waals surface area (Å²) in [5, 5.41) is 3.85. The Labute approximate surface area is 252 Å². The van der Waals surface area contributed by atoms with Gasteiger partial charge in [0, 0.05) is 0 Å². The number of esters is 1. The Balaban J connectivity index is 1.41. The molecule has 5 aromatic carbocycles. The van der Waals surface area contributed by atoms with Gasteiger partial charge >= 0.3 is 5.97 Å². The average molecular weight is 585 g/mol. The van der Waals surface area contributed by atoms with Crippen LogP contribution in [0.4, 0.5) is 0 Å². The predicted molar refractivity (Wildman–Crippen MR) is 172 cm³/mol. The molecule has 1 aliphatic rings. The first-order chi connectivity index (χ1) is 21.0. The van der Waals surface area contributed by atoms with Crippen LogP contribution in [0.3, 0.4) is 0 Å². The summed E-state index contributed by atoms with van der Waals surface area (Å²) in [6.07, 6.45) is 0.649. The van der Waals surface area contributed by atoms with Gasteiger partial charge in [0.15, 0.2) is 0 Å². The summed E-state index contributed by atoms with van der Waals surface area (Å²) in [7, 11) is -0.804. The first kappa shape index (κ1) is 28.3. The molecular weight excluding hydrogens is 553 g/mol. The van der Waals surface area contributed by atoms with E-state index in [2.05, 4.69) is 84.9 Å². The van der Waals surface area contributed by atoms with E-state index in [4.69, 9.17) is 4.74 Å². The summed E-state index contributed by atoms with van der Waals surface area (Å²) in [6, 6.07) is 46.0. The Morgan fingerprint density at radius 2 is 1.05 bits per heavy atom. The molecule has 0 radical (unpaired) electrons. The van der Waals surface area contributed by atoms with E-state index < -0.39 is 31.1 Å². The quantitative estimate of drug-likeness (QED) is 0.120. The van der Waals surface area contributed by atoms with E-state index in [1.165, 1.54) is 27.9 Å². The summed E-state index contributed by atoms with van der Waals surface area (Å²) >= 11 is 0. The zero-order chi connectivity index (χ0) is 29.8. The number of fused-ring (bicyclic) bond motifs is 1. The highest BCUT2D eigenvalue weighted by atomic mass is 31.2. The summed E-state index contributed by atoms with van der Waals surface area (Å²) in [5.74, 6) is -1.30. The predicted octanol–water partition coefficient (Wildman–Crippen LogP) is 6.08. The smallest absolute Gasteiger partial charge is 0.307 e. The van der Waals surface area contributed by atoms with Gasteiger partial charge in [-0.3, -0.25) is 19.3 Å². The van der Waals surface area contributed by atoms with Crippen LogP contribution in [0.1, 0.15) is 44.3 Å². The van der Waals surface area contributed by atoms with Crippen molar-refractivity contribution in [3.63, 3.8) is 0 Å². The van der Waals surface area contributed by atoms with Crippen molar-refractivity contribution in [2.24, 2.45) is 0 Å². The topological polar surface area (TPSA) is 63.7 Å². The molecule has 0 spiro atoms. The molecule has 1 unspecified atom stereocenters. The van der Waals surface area contributed by atoms with E-state index in [0.29, 0.717) is 16.7 Å².